The van der Waals surface area contributed by atoms with E-state index in [0.717, 1.165) is 19.4 Å². The van der Waals surface area contributed by atoms with E-state index in [2.05, 4.69) is 16.9 Å². The lowest BCUT2D eigenvalue weighted by atomic mass is 10.0. The van der Waals surface area contributed by atoms with Gasteiger partial charge in [-0.05, 0) is 32.4 Å². The van der Waals surface area contributed by atoms with Crippen molar-refractivity contribution in [3.8, 4) is 0 Å². The topological polar surface area (TPSA) is 46.1 Å². The lowest BCUT2D eigenvalue weighted by Gasteiger charge is -2.33. The molecule has 98 valence electrons. The average molecular weight is 286 g/mol. The summed E-state index contributed by atoms with van der Waals surface area (Å²) in [6, 6.07) is 0.259. The van der Waals surface area contributed by atoms with Crippen LogP contribution in [0, 0.1) is 0 Å². The number of rotatable bonds is 2. The lowest BCUT2D eigenvalue weighted by molar-refractivity contribution is 0.0628. The normalized spacial score (nSPS) is 19.9. The van der Waals surface area contributed by atoms with E-state index in [1.165, 1.54) is 24.4 Å². The first-order chi connectivity index (χ1) is 8.63. The van der Waals surface area contributed by atoms with Gasteiger partial charge in [-0.15, -0.1) is 0 Å². The van der Waals surface area contributed by atoms with Crippen molar-refractivity contribution in [2.24, 2.45) is 0 Å². The number of hydrogen-bond acceptors (Lipinski definition) is 4. The number of piperidine rings is 1. The van der Waals surface area contributed by atoms with E-state index in [4.69, 9.17) is 11.6 Å². The first-order valence-corrected chi connectivity index (χ1v) is 7.61. The second-order valence-corrected chi connectivity index (χ2v) is 5.58. The molecule has 0 spiro atoms. The third-order valence-electron chi connectivity index (χ3n) is 3.17. The van der Waals surface area contributed by atoms with Crippen molar-refractivity contribution in [2.75, 3.05) is 12.8 Å². The molecule has 1 aromatic rings. The van der Waals surface area contributed by atoms with Crippen LogP contribution >= 0.6 is 23.4 Å². The van der Waals surface area contributed by atoms with Gasteiger partial charge in [0.15, 0.2) is 10.9 Å². The van der Waals surface area contributed by atoms with E-state index in [0.29, 0.717) is 15.9 Å². The molecule has 1 aliphatic heterocycles. The standard InChI is InChI=1S/C12H16ClN3OS/c1-8-5-3-4-6-16(8)11(17)10-9(13)7-14-12(15-10)18-2/h7-8H,3-6H2,1-2H3/t8-/m1/s1. The van der Waals surface area contributed by atoms with E-state index in [1.54, 1.807) is 0 Å². The molecular weight excluding hydrogens is 270 g/mol. The molecule has 1 fully saturated rings. The summed E-state index contributed by atoms with van der Waals surface area (Å²) in [6.07, 6.45) is 6.65. The number of halogens is 1. The maximum atomic E-state index is 12.4. The number of carbonyl (C=O) groups is 1. The molecule has 0 radical (unpaired) electrons. The van der Waals surface area contributed by atoms with Crippen LogP contribution in [-0.2, 0) is 0 Å². The van der Waals surface area contributed by atoms with Crippen LogP contribution < -0.4 is 0 Å². The molecule has 2 rings (SSSR count). The number of carbonyl (C=O) groups excluding carboxylic acids is 1. The van der Waals surface area contributed by atoms with Crippen LogP contribution in [0.2, 0.25) is 5.02 Å². The Hall–Kier alpha value is -0.810. The molecule has 6 heteroatoms. The summed E-state index contributed by atoms with van der Waals surface area (Å²) >= 11 is 7.44. The average Bonchev–Trinajstić information content (AvgIpc) is 2.39. The molecule has 1 aromatic heterocycles. The smallest absolute Gasteiger partial charge is 0.274 e. The third-order valence-corrected chi connectivity index (χ3v) is 4.01. The zero-order valence-corrected chi connectivity index (χ0v) is 12.1. The summed E-state index contributed by atoms with van der Waals surface area (Å²) in [5, 5.41) is 0.906. The fourth-order valence-corrected chi connectivity index (χ4v) is 2.65. The molecule has 1 atom stereocenters. The van der Waals surface area contributed by atoms with Gasteiger partial charge in [-0.2, -0.15) is 0 Å². The zero-order chi connectivity index (χ0) is 13.1. The highest BCUT2D eigenvalue weighted by Gasteiger charge is 2.27. The quantitative estimate of drug-likeness (QED) is 0.619. The van der Waals surface area contributed by atoms with Gasteiger partial charge in [-0.25, -0.2) is 9.97 Å². The minimum Gasteiger partial charge on any atom is -0.335 e. The minimum absolute atomic E-state index is 0.0788. The number of nitrogens with zero attached hydrogens (tertiary/aromatic N) is 3. The van der Waals surface area contributed by atoms with Crippen LogP contribution in [0.15, 0.2) is 11.4 Å². The van der Waals surface area contributed by atoms with Crippen molar-refractivity contribution < 1.29 is 4.79 Å². The summed E-state index contributed by atoms with van der Waals surface area (Å²) in [5.41, 5.74) is 0.324. The van der Waals surface area contributed by atoms with Crippen molar-refractivity contribution in [2.45, 2.75) is 37.4 Å². The van der Waals surface area contributed by atoms with Crippen LogP contribution in [-0.4, -0.2) is 39.6 Å². The Labute approximate surface area is 116 Å². The fourth-order valence-electron chi connectivity index (χ4n) is 2.14. The highest BCUT2D eigenvalue weighted by Crippen LogP contribution is 2.23. The first-order valence-electron chi connectivity index (χ1n) is 6.01. The molecule has 0 unspecified atom stereocenters. The highest BCUT2D eigenvalue weighted by atomic mass is 35.5. The summed E-state index contributed by atoms with van der Waals surface area (Å²) in [4.78, 5) is 22.6. The maximum Gasteiger partial charge on any atom is 0.274 e. The Morgan fingerprint density at radius 2 is 2.33 bits per heavy atom. The van der Waals surface area contributed by atoms with Gasteiger partial charge < -0.3 is 4.90 Å². The third kappa shape index (κ3) is 2.78. The van der Waals surface area contributed by atoms with Crippen molar-refractivity contribution in [1.29, 1.82) is 0 Å². The summed E-state index contributed by atoms with van der Waals surface area (Å²) in [5.74, 6) is -0.0788. The molecule has 4 nitrogen and oxygen atoms in total. The van der Waals surface area contributed by atoms with Crippen LogP contribution in [0.25, 0.3) is 0 Å². The number of thioether (sulfide) groups is 1. The Kier molecular flexibility index (Phi) is 4.45. The van der Waals surface area contributed by atoms with E-state index < -0.39 is 0 Å². The van der Waals surface area contributed by atoms with Crippen molar-refractivity contribution >= 4 is 29.3 Å². The Morgan fingerprint density at radius 3 is 3.00 bits per heavy atom. The number of aromatic nitrogens is 2. The minimum atomic E-state index is -0.0788. The molecule has 1 saturated heterocycles. The molecule has 0 aliphatic carbocycles. The van der Waals surface area contributed by atoms with Gasteiger partial charge in [0.05, 0.1) is 11.2 Å². The van der Waals surface area contributed by atoms with Gasteiger partial charge in [-0.1, -0.05) is 23.4 Å². The second kappa shape index (κ2) is 5.89. The largest absolute Gasteiger partial charge is 0.335 e. The van der Waals surface area contributed by atoms with Gasteiger partial charge in [0.1, 0.15) is 0 Å². The van der Waals surface area contributed by atoms with Gasteiger partial charge in [0.2, 0.25) is 0 Å². The fraction of sp³-hybridized carbons (Fsp3) is 0.583. The number of hydrogen-bond donors (Lipinski definition) is 0. The Morgan fingerprint density at radius 1 is 1.56 bits per heavy atom. The predicted octanol–water partition coefficient (Wildman–Crippen LogP) is 2.87. The van der Waals surface area contributed by atoms with Gasteiger partial charge in [-0.3, -0.25) is 4.79 Å². The second-order valence-electron chi connectivity index (χ2n) is 4.40. The van der Waals surface area contributed by atoms with E-state index in [-0.39, 0.29) is 11.9 Å². The lowest BCUT2D eigenvalue weighted by Crippen LogP contribution is -2.42. The van der Waals surface area contributed by atoms with Crippen LogP contribution in [0.3, 0.4) is 0 Å². The summed E-state index contributed by atoms with van der Waals surface area (Å²) in [6.45, 7) is 2.86. The van der Waals surface area contributed by atoms with E-state index >= 15 is 0 Å². The molecular formula is C12H16ClN3OS. The summed E-state index contributed by atoms with van der Waals surface area (Å²) in [7, 11) is 0. The molecule has 0 saturated carbocycles. The molecule has 0 bridgehead atoms. The highest BCUT2D eigenvalue weighted by molar-refractivity contribution is 7.98. The van der Waals surface area contributed by atoms with Gasteiger partial charge >= 0.3 is 0 Å². The van der Waals surface area contributed by atoms with Crippen LogP contribution in [0.4, 0.5) is 0 Å². The Balaban J connectivity index is 2.27. The molecule has 1 amide bonds. The van der Waals surface area contributed by atoms with Gasteiger partial charge in [0, 0.05) is 12.6 Å². The number of amides is 1. The Bertz CT molecular complexity index is 455. The SMILES string of the molecule is CSc1ncc(Cl)c(C(=O)N2CCCC[C@H]2C)n1. The van der Waals surface area contributed by atoms with E-state index in [9.17, 15) is 4.79 Å². The molecule has 18 heavy (non-hydrogen) atoms. The summed E-state index contributed by atoms with van der Waals surface area (Å²) < 4.78 is 0. The van der Waals surface area contributed by atoms with E-state index in [1.807, 2.05) is 11.2 Å². The molecule has 0 aromatic carbocycles. The van der Waals surface area contributed by atoms with Crippen LogP contribution in [0.1, 0.15) is 36.7 Å². The van der Waals surface area contributed by atoms with Gasteiger partial charge in [0.25, 0.3) is 5.91 Å². The molecule has 0 N–H and O–H groups in total. The van der Waals surface area contributed by atoms with Crippen molar-refractivity contribution in [3.05, 3.63) is 16.9 Å². The van der Waals surface area contributed by atoms with Crippen molar-refractivity contribution in [1.82, 2.24) is 14.9 Å². The number of likely N-dealkylation sites (tertiary alicyclic amines) is 1. The van der Waals surface area contributed by atoms with Crippen LogP contribution in [0.5, 0.6) is 0 Å². The maximum absolute atomic E-state index is 12.4. The zero-order valence-electron chi connectivity index (χ0n) is 10.5. The predicted molar refractivity (Wildman–Crippen MR) is 73.2 cm³/mol. The van der Waals surface area contributed by atoms with Crippen molar-refractivity contribution in [3.63, 3.8) is 0 Å². The molecule has 1 aliphatic rings. The molecule has 2 heterocycles. The first kappa shape index (κ1) is 13.6. The monoisotopic (exact) mass is 285 g/mol.